The van der Waals surface area contributed by atoms with Crippen molar-refractivity contribution in [2.45, 2.75) is 5.22 Å². The molecule has 8 nitrogen and oxygen atoms in total. The summed E-state index contributed by atoms with van der Waals surface area (Å²) in [6.45, 7) is 1.03. The Morgan fingerprint density at radius 1 is 1.17 bits per heavy atom. The van der Waals surface area contributed by atoms with Crippen molar-refractivity contribution in [2.24, 2.45) is 0 Å². The number of halogens is 1. The third kappa shape index (κ3) is 4.98. The van der Waals surface area contributed by atoms with Gasteiger partial charge in [-0.05, 0) is 42.5 Å². The lowest BCUT2D eigenvalue weighted by Crippen LogP contribution is -2.32. The Morgan fingerprint density at radius 2 is 1.97 bits per heavy atom. The van der Waals surface area contributed by atoms with E-state index in [0.29, 0.717) is 46.5 Å². The quantitative estimate of drug-likeness (QED) is 0.482. The summed E-state index contributed by atoms with van der Waals surface area (Å²) >= 11 is 7.03. The molecule has 0 bridgehead atoms. The number of fused-ring (bicyclic) bond motifs is 1. The van der Waals surface area contributed by atoms with Crippen LogP contribution in [0.3, 0.4) is 0 Å². The van der Waals surface area contributed by atoms with Gasteiger partial charge in [-0.25, -0.2) is 0 Å². The van der Waals surface area contributed by atoms with Crippen LogP contribution in [0.15, 0.2) is 52.1 Å². The number of carbonyl (C=O) groups excluding carboxylic acids is 1. The number of nitrogens with zero attached hydrogens (tertiary/aromatic N) is 3. The molecule has 0 radical (unpaired) electrons. The van der Waals surface area contributed by atoms with E-state index < -0.39 is 0 Å². The van der Waals surface area contributed by atoms with Crippen molar-refractivity contribution in [3.05, 3.63) is 47.5 Å². The highest BCUT2D eigenvalue weighted by Crippen LogP contribution is 2.36. The Kier molecular flexibility index (Phi) is 6.29. The molecule has 1 amide bonds. The van der Waals surface area contributed by atoms with Crippen LogP contribution >= 0.6 is 23.4 Å². The van der Waals surface area contributed by atoms with Crippen LogP contribution in [-0.2, 0) is 4.79 Å². The molecule has 0 saturated carbocycles. The molecule has 0 fully saturated rings. The van der Waals surface area contributed by atoms with Crippen LogP contribution in [0.2, 0.25) is 5.02 Å². The van der Waals surface area contributed by atoms with Gasteiger partial charge in [-0.2, -0.15) is 0 Å². The zero-order chi connectivity index (χ0) is 20.9. The number of carbonyl (C=O) groups is 1. The van der Waals surface area contributed by atoms with Crippen molar-refractivity contribution in [2.75, 3.05) is 32.7 Å². The average Bonchev–Trinajstić information content (AvgIpc) is 3.42. The van der Waals surface area contributed by atoms with E-state index in [1.165, 1.54) is 11.8 Å². The molecule has 4 rings (SSSR count). The van der Waals surface area contributed by atoms with Gasteiger partial charge in [-0.3, -0.25) is 4.79 Å². The predicted octanol–water partition coefficient (Wildman–Crippen LogP) is 3.75. The second-order valence-corrected chi connectivity index (χ2v) is 7.71. The minimum absolute atomic E-state index is 0.0671. The standard InChI is InChI=1S/C20H18ClN3O5S/c1-24(8-9-26-15-5-3-14(21)4-6-15)18(25)11-30-20-23-22-19(29-20)13-2-7-16-17(10-13)28-12-27-16/h2-7,10H,8-9,11-12H2,1H3. The van der Waals surface area contributed by atoms with Gasteiger partial charge in [0, 0.05) is 17.6 Å². The molecule has 156 valence electrons. The van der Waals surface area contributed by atoms with E-state index >= 15 is 0 Å². The van der Waals surface area contributed by atoms with E-state index in [4.69, 9.17) is 30.2 Å². The van der Waals surface area contributed by atoms with E-state index in [1.54, 1.807) is 48.3 Å². The lowest BCUT2D eigenvalue weighted by molar-refractivity contribution is -0.127. The largest absolute Gasteiger partial charge is 0.492 e. The summed E-state index contributed by atoms with van der Waals surface area (Å²) < 4.78 is 21.9. The van der Waals surface area contributed by atoms with Gasteiger partial charge in [0.1, 0.15) is 12.4 Å². The predicted molar refractivity (Wildman–Crippen MR) is 111 cm³/mol. The van der Waals surface area contributed by atoms with Crippen LogP contribution in [0.1, 0.15) is 0 Å². The molecule has 1 aliphatic heterocycles. The Labute approximate surface area is 182 Å². The van der Waals surface area contributed by atoms with Gasteiger partial charge in [-0.15, -0.1) is 10.2 Å². The topological polar surface area (TPSA) is 86.9 Å². The number of hydrogen-bond acceptors (Lipinski definition) is 8. The summed E-state index contributed by atoms with van der Waals surface area (Å²) in [6, 6.07) is 12.5. The van der Waals surface area contributed by atoms with E-state index in [-0.39, 0.29) is 18.5 Å². The summed E-state index contributed by atoms with van der Waals surface area (Å²) in [4.78, 5) is 13.9. The summed E-state index contributed by atoms with van der Waals surface area (Å²) in [5, 5.41) is 9.00. The third-order valence-corrected chi connectivity index (χ3v) is 5.34. The summed E-state index contributed by atoms with van der Waals surface area (Å²) in [5.41, 5.74) is 0.724. The monoisotopic (exact) mass is 447 g/mol. The highest BCUT2D eigenvalue weighted by molar-refractivity contribution is 7.99. The van der Waals surface area contributed by atoms with Crippen LogP contribution in [0.4, 0.5) is 0 Å². The molecular weight excluding hydrogens is 430 g/mol. The second kappa shape index (κ2) is 9.27. The lowest BCUT2D eigenvalue weighted by Gasteiger charge is -2.16. The van der Waals surface area contributed by atoms with E-state index in [0.717, 1.165) is 5.56 Å². The van der Waals surface area contributed by atoms with Crippen molar-refractivity contribution in [1.82, 2.24) is 15.1 Å². The summed E-state index contributed by atoms with van der Waals surface area (Å²) in [6.07, 6.45) is 0. The van der Waals surface area contributed by atoms with Crippen LogP contribution in [0.25, 0.3) is 11.5 Å². The Morgan fingerprint density at radius 3 is 2.80 bits per heavy atom. The molecule has 0 unspecified atom stereocenters. The molecule has 10 heteroatoms. The number of rotatable bonds is 8. The summed E-state index contributed by atoms with van der Waals surface area (Å²) in [7, 11) is 1.72. The molecule has 2 aromatic carbocycles. The molecule has 0 saturated heterocycles. The van der Waals surface area contributed by atoms with Crippen LogP contribution in [-0.4, -0.2) is 53.7 Å². The van der Waals surface area contributed by atoms with Crippen molar-refractivity contribution in [3.8, 4) is 28.7 Å². The maximum atomic E-state index is 12.3. The first-order chi connectivity index (χ1) is 14.6. The minimum atomic E-state index is -0.0671. The first kappa shape index (κ1) is 20.4. The summed E-state index contributed by atoms with van der Waals surface area (Å²) in [5.74, 6) is 2.49. The van der Waals surface area contributed by atoms with Gasteiger partial charge in [-0.1, -0.05) is 23.4 Å². The van der Waals surface area contributed by atoms with Gasteiger partial charge in [0.25, 0.3) is 5.22 Å². The molecule has 30 heavy (non-hydrogen) atoms. The molecule has 0 spiro atoms. The third-order valence-electron chi connectivity index (χ3n) is 4.28. The van der Waals surface area contributed by atoms with E-state index in [2.05, 4.69) is 10.2 Å². The lowest BCUT2D eigenvalue weighted by atomic mass is 10.2. The Bertz CT molecular complexity index is 1030. The first-order valence-electron chi connectivity index (χ1n) is 9.07. The molecular formula is C20H18ClN3O5S. The number of benzene rings is 2. The van der Waals surface area contributed by atoms with Crippen molar-refractivity contribution in [3.63, 3.8) is 0 Å². The van der Waals surface area contributed by atoms with Gasteiger partial charge in [0.05, 0.1) is 12.3 Å². The number of thioether (sulfide) groups is 1. The first-order valence-corrected chi connectivity index (χ1v) is 10.4. The van der Waals surface area contributed by atoms with Crippen LogP contribution in [0, 0.1) is 0 Å². The normalized spacial score (nSPS) is 12.1. The fourth-order valence-corrected chi connectivity index (χ4v) is 3.43. The maximum absolute atomic E-state index is 12.3. The molecule has 0 atom stereocenters. The number of likely N-dealkylation sites (N-methyl/N-ethyl adjacent to an activating group) is 1. The van der Waals surface area contributed by atoms with E-state index in [1.807, 2.05) is 6.07 Å². The van der Waals surface area contributed by atoms with Gasteiger partial charge < -0.3 is 23.5 Å². The smallest absolute Gasteiger partial charge is 0.277 e. The molecule has 0 N–H and O–H groups in total. The molecule has 2 heterocycles. The fourth-order valence-electron chi connectivity index (χ4n) is 2.60. The van der Waals surface area contributed by atoms with Crippen LogP contribution in [0.5, 0.6) is 17.2 Å². The zero-order valence-electron chi connectivity index (χ0n) is 16.0. The molecule has 1 aromatic heterocycles. The number of hydrogen-bond donors (Lipinski definition) is 0. The van der Waals surface area contributed by atoms with Crippen LogP contribution < -0.4 is 14.2 Å². The van der Waals surface area contributed by atoms with E-state index in [9.17, 15) is 4.79 Å². The van der Waals surface area contributed by atoms with Crippen molar-refractivity contribution < 1.29 is 23.4 Å². The molecule has 3 aromatic rings. The minimum Gasteiger partial charge on any atom is -0.492 e. The highest BCUT2D eigenvalue weighted by atomic mass is 35.5. The number of amides is 1. The zero-order valence-corrected chi connectivity index (χ0v) is 17.6. The highest BCUT2D eigenvalue weighted by Gasteiger charge is 2.18. The van der Waals surface area contributed by atoms with Gasteiger partial charge in [0.15, 0.2) is 11.5 Å². The van der Waals surface area contributed by atoms with Crippen molar-refractivity contribution in [1.29, 1.82) is 0 Å². The SMILES string of the molecule is CN(CCOc1ccc(Cl)cc1)C(=O)CSc1nnc(-c2ccc3c(c2)OCO3)o1. The Balaban J connectivity index is 1.24. The number of aromatic nitrogens is 2. The molecule has 1 aliphatic rings. The van der Waals surface area contributed by atoms with Gasteiger partial charge >= 0.3 is 0 Å². The number of ether oxygens (including phenoxy) is 3. The van der Waals surface area contributed by atoms with Crippen molar-refractivity contribution >= 4 is 29.3 Å². The second-order valence-electron chi connectivity index (χ2n) is 6.35. The average molecular weight is 448 g/mol. The van der Waals surface area contributed by atoms with Gasteiger partial charge in [0.2, 0.25) is 18.6 Å². The Hall–Kier alpha value is -2.91. The molecule has 0 aliphatic carbocycles. The maximum Gasteiger partial charge on any atom is 0.277 e. The fraction of sp³-hybridized carbons (Fsp3) is 0.250.